The van der Waals surface area contributed by atoms with Gasteiger partial charge in [0.15, 0.2) is 0 Å². The van der Waals surface area contributed by atoms with Crippen LogP contribution in [0.3, 0.4) is 0 Å². The first-order chi connectivity index (χ1) is 10.7. The molecule has 2 aromatic heterocycles. The summed E-state index contributed by atoms with van der Waals surface area (Å²) in [5, 5.41) is 2.95. The predicted molar refractivity (Wildman–Crippen MR) is 82.8 cm³/mol. The molecule has 2 aromatic rings. The van der Waals surface area contributed by atoms with Crippen molar-refractivity contribution in [3.8, 4) is 6.01 Å². The molecule has 116 valence electrons. The second-order valence-electron chi connectivity index (χ2n) is 5.26. The van der Waals surface area contributed by atoms with Gasteiger partial charge in [0.05, 0.1) is 17.1 Å². The summed E-state index contributed by atoms with van der Waals surface area (Å²) in [6.07, 6.45) is 5.40. The zero-order valence-corrected chi connectivity index (χ0v) is 13.3. The Kier molecular flexibility index (Phi) is 4.62. The van der Waals surface area contributed by atoms with Crippen LogP contribution in [0.1, 0.15) is 23.5 Å². The van der Waals surface area contributed by atoms with Gasteiger partial charge < -0.3 is 9.64 Å². The van der Waals surface area contributed by atoms with Gasteiger partial charge in [0.25, 0.3) is 0 Å². The fraction of sp³-hybridized carbons (Fsp3) is 0.467. The molecule has 7 heteroatoms. The van der Waals surface area contributed by atoms with Crippen molar-refractivity contribution in [1.29, 1.82) is 0 Å². The van der Waals surface area contributed by atoms with Crippen molar-refractivity contribution >= 4 is 17.2 Å². The summed E-state index contributed by atoms with van der Waals surface area (Å²) in [4.78, 5) is 26.6. The molecular formula is C15H18N4O2S. The second-order valence-corrected chi connectivity index (χ2v) is 6.33. The van der Waals surface area contributed by atoms with E-state index in [1.807, 2.05) is 17.2 Å². The number of aromatic nitrogens is 3. The summed E-state index contributed by atoms with van der Waals surface area (Å²) in [5.74, 6) is 0.139. The van der Waals surface area contributed by atoms with E-state index in [0.717, 1.165) is 23.5 Å². The molecule has 3 rings (SSSR count). The van der Waals surface area contributed by atoms with E-state index in [1.165, 1.54) is 0 Å². The summed E-state index contributed by atoms with van der Waals surface area (Å²) < 4.78 is 5.73. The Morgan fingerprint density at radius 3 is 2.73 bits per heavy atom. The van der Waals surface area contributed by atoms with Crippen LogP contribution in [0.2, 0.25) is 0 Å². The van der Waals surface area contributed by atoms with Crippen molar-refractivity contribution in [2.75, 3.05) is 13.1 Å². The van der Waals surface area contributed by atoms with Crippen LogP contribution >= 0.6 is 11.3 Å². The monoisotopic (exact) mass is 318 g/mol. The molecule has 1 saturated heterocycles. The number of likely N-dealkylation sites (tertiary alicyclic amines) is 1. The van der Waals surface area contributed by atoms with Crippen molar-refractivity contribution < 1.29 is 9.53 Å². The molecule has 0 spiro atoms. The predicted octanol–water partition coefficient (Wildman–Crippen LogP) is 1.85. The number of thiazole rings is 1. The number of carbonyl (C=O) groups is 1. The zero-order valence-electron chi connectivity index (χ0n) is 12.4. The Hall–Kier alpha value is -2.02. The molecule has 1 aliphatic heterocycles. The highest BCUT2D eigenvalue weighted by Gasteiger charge is 2.24. The molecule has 0 radical (unpaired) electrons. The van der Waals surface area contributed by atoms with Gasteiger partial charge in [-0.15, -0.1) is 11.3 Å². The SMILES string of the molecule is Cc1nc(CC(=O)N2CCC(Oc3ncccn3)CC2)cs1. The van der Waals surface area contributed by atoms with Gasteiger partial charge in [0.2, 0.25) is 5.91 Å². The van der Waals surface area contributed by atoms with Crippen LogP contribution in [0, 0.1) is 6.92 Å². The highest BCUT2D eigenvalue weighted by Crippen LogP contribution is 2.17. The highest BCUT2D eigenvalue weighted by atomic mass is 32.1. The van der Waals surface area contributed by atoms with Crippen LogP contribution in [0.5, 0.6) is 6.01 Å². The van der Waals surface area contributed by atoms with E-state index in [4.69, 9.17) is 4.74 Å². The largest absolute Gasteiger partial charge is 0.460 e. The van der Waals surface area contributed by atoms with Crippen LogP contribution in [0.15, 0.2) is 23.8 Å². The Labute approximate surface area is 133 Å². The van der Waals surface area contributed by atoms with E-state index in [0.29, 0.717) is 25.5 Å². The Balaban J connectivity index is 1.48. The van der Waals surface area contributed by atoms with Gasteiger partial charge in [0, 0.05) is 43.7 Å². The lowest BCUT2D eigenvalue weighted by Gasteiger charge is -2.31. The number of hydrogen-bond donors (Lipinski definition) is 0. The summed E-state index contributed by atoms with van der Waals surface area (Å²) >= 11 is 1.58. The quantitative estimate of drug-likeness (QED) is 0.860. The average Bonchev–Trinajstić information content (AvgIpc) is 2.94. The van der Waals surface area contributed by atoms with Crippen molar-refractivity contribution in [2.24, 2.45) is 0 Å². The first-order valence-electron chi connectivity index (χ1n) is 7.33. The van der Waals surface area contributed by atoms with Gasteiger partial charge in [-0.3, -0.25) is 4.79 Å². The number of carbonyl (C=O) groups excluding carboxylic acids is 1. The molecular weight excluding hydrogens is 300 g/mol. The Bertz CT molecular complexity index is 623. The summed E-state index contributed by atoms with van der Waals surface area (Å²) in [6.45, 7) is 3.37. The van der Waals surface area contributed by atoms with E-state index in [-0.39, 0.29) is 12.0 Å². The van der Waals surface area contributed by atoms with Crippen molar-refractivity contribution in [3.05, 3.63) is 34.5 Å². The van der Waals surface area contributed by atoms with Gasteiger partial charge in [-0.1, -0.05) is 0 Å². The first-order valence-corrected chi connectivity index (χ1v) is 8.21. The van der Waals surface area contributed by atoms with E-state index < -0.39 is 0 Å². The smallest absolute Gasteiger partial charge is 0.316 e. The molecule has 22 heavy (non-hydrogen) atoms. The van der Waals surface area contributed by atoms with Crippen LogP contribution in [0.25, 0.3) is 0 Å². The van der Waals surface area contributed by atoms with E-state index in [2.05, 4.69) is 15.0 Å². The maximum Gasteiger partial charge on any atom is 0.316 e. The normalized spacial score (nSPS) is 15.8. The Morgan fingerprint density at radius 1 is 1.36 bits per heavy atom. The molecule has 0 bridgehead atoms. The summed E-state index contributed by atoms with van der Waals surface area (Å²) in [5.41, 5.74) is 0.864. The van der Waals surface area contributed by atoms with E-state index in [9.17, 15) is 4.79 Å². The molecule has 0 saturated carbocycles. The van der Waals surface area contributed by atoms with Gasteiger partial charge in [0.1, 0.15) is 6.10 Å². The minimum Gasteiger partial charge on any atom is -0.460 e. The van der Waals surface area contributed by atoms with E-state index >= 15 is 0 Å². The first kappa shape index (κ1) is 14.9. The number of piperidine rings is 1. The third-order valence-corrected chi connectivity index (χ3v) is 4.43. The number of rotatable bonds is 4. The third-order valence-electron chi connectivity index (χ3n) is 3.61. The molecule has 1 amide bonds. The number of hydrogen-bond acceptors (Lipinski definition) is 6. The van der Waals surface area contributed by atoms with Crippen LogP contribution in [-0.2, 0) is 11.2 Å². The highest BCUT2D eigenvalue weighted by molar-refractivity contribution is 7.09. The molecule has 0 atom stereocenters. The molecule has 0 N–H and O–H groups in total. The standard InChI is InChI=1S/C15H18N4O2S/c1-11-18-12(10-22-11)9-14(20)19-7-3-13(4-8-19)21-15-16-5-2-6-17-15/h2,5-6,10,13H,3-4,7-9H2,1H3. The van der Waals surface area contributed by atoms with E-state index in [1.54, 1.807) is 29.8 Å². The lowest BCUT2D eigenvalue weighted by Crippen LogP contribution is -2.42. The third kappa shape index (κ3) is 3.79. The average molecular weight is 318 g/mol. The minimum absolute atomic E-state index is 0.0768. The number of aryl methyl sites for hydroxylation is 1. The summed E-state index contributed by atoms with van der Waals surface area (Å²) in [6, 6.07) is 2.17. The maximum absolute atomic E-state index is 12.3. The fourth-order valence-electron chi connectivity index (χ4n) is 2.47. The molecule has 0 aliphatic carbocycles. The van der Waals surface area contributed by atoms with Gasteiger partial charge in [-0.2, -0.15) is 0 Å². The van der Waals surface area contributed by atoms with Crippen LogP contribution in [-0.4, -0.2) is 45.0 Å². The second kappa shape index (κ2) is 6.83. The van der Waals surface area contributed by atoms with Crippen molar-refractivity contribution in [1.82, 2.24) is 19.9 Å². The molecule has 0 aromatic carbocycles. The topological polar surface area (TPSA) is 68.2 Å². The molecule has 1 aliphatic rings. The van der Waals surface area contributed by atoms with Gasteiger partial charge in [-0.05, 0) is 13.0 Å². The fourth-order valence-corrected chi connectivity index (χ4v) is 3.09. The Morgan fingerprint density at radius 2 is 2.09 bits per heavy atom. The van der Waals surface area contributed by atoms with Gasteiger partial charge >= 0.3 is 6.01 Å². The number of nitrogens with zero attached hydrogens (tertiary/aromatic N) is 4. The summed E-state index contributed by atoms with van der Waals surface area (Å²) in [7, 11) is 0. The van der Waals surface area contributed by atoms with Crippen molar-refractivity contribution in [2.45, 2.75) is 32.3 Å². The zero-order chi connectivity index (χ0) is 15.4. The van der Waals surface area contributed by atoms with Gasteiger partial charge in [-0.25, -0.2) is 15.0 Å². The van der Waals surface area contributed by atoms with Crippen LogP contribution in [0.4, 0.5) is 0 Å². The molecule has 0 unspecified atom stereocenters. The van der Waals surface area contributed by atoms with Crippen molar-refractivity contribution in [3.63, 3.8) is 0 Å². The maximum atomic E-state index is 12.3. The lowest BCUT2D eigenvalue weighted by atomic mass is 10.1. The van der Waals surface area contributed by atoms with Crippen LogP contribution < -0.4 is 4.74 Å². The molecule has 1 fully saturated rings. The number of amides is 1. The minimum atomic E-state index is 0.0768. The lowest BCUT2D eigenvalue weighted by molar-refractivity contribution is -0.132. The molecule has 3 heterocycles. The molecule has 6 nitrogen and oxygen atoms in total. The number of ether oxygens (including phenoxy) is 1.